The van der Waals surface area contributed by atoms with E-state index in [9.17, 15) is 14.4 Å². The number of methoxy groups -OCH3 is 3. The molecule has 3 fully saturated rings. The summed E-state index contributed by atoms with van der Waals surface area (Å²) in [5.41, 5.74) is 5.89. The number of esters is 1. The SMILES string of the molecule is COC(=O)c1cccc2nc(N[C@@H]3CCCCNC3=O)n3nc(-c4ccc(OC)cc4)nc3c12.COc1ccc(-c2nc3c4ccc(C5CC5)cc4nc(N[C@@H]4CCCCNC4=O)n3n2)cc1. The van der Waals surface area contributed by atoms with Crippen molar-refractivity contribution in [1.29, 1.82) is 0 Å². The summed E-state index contributed by atoms with van der Waals surface area (Å²) in [6.07, 6.45) is 7.70. The summed E-state index contributed by atoms with van der Waals surface area (Å²) < 4.78 is 18.8. The van der Waals surface area contributed by atoms with Gasteiger partial charge in [-0.2, -0.15) is 9.03 Å². The van der Waals surface area contributed by atoms with Gasteiger partial charge in [0, 0.05) is 29.6 Å². The number of anilines is 2. The quantitative estimate of drug-likeness (QED) is 0.105. The Morgan fingerprint density at radius 2 is 1.18 bits per heavy atom. The molecule has 0 unspecified atom stereocenters. The Bertz CT molecular complexity index is 3150. The maximum Gasteiger partial charge on any atom is 0.338 e. The van der Waals surface area contributed by atoms with E-state index in [0.29, 0.717) is 76.8 Å². The zero-order valence-electron chi connectivity index (χ0n) is 37.4. The van der Waals surface area contributed by atoms with E-state index in [2.05, 4.69) is 44.6 Å². The molecule has 18 nitrogen and oxygen atoms in total. The van der Waals surface area contributed by atoms with Gasteiger partial charge in [-0.25, -0.2) is 24.7 Å². The summed E-state index contributed by atoms with van der Waals surface area (Å²) in [6.45, 7) is 1.37. The maximum atomic E-state index is 12.6. The molecule has 2 atom stereocenters. The number of rotatable bonds is 10. The normalized spacial score (nSPS) is 17.5. The van der Waals surface area contributed by atoms with Crippen LogP contribution in [0.15, 0.2) is 84.9 Å². The summed E-state index contributed by atoms with van der Waals surface area (Å²) >= 11 is 0. The minimum Gasteiger partial charge on any atom is -0.497 e. The highest BCUT2D eigenvalue weighted by molar-refractivity contribution is 6.09. The number of carbonyl (C=O) groups excluding carboxylic acids is 3. The number of hydrogen-bond donors (Lipinski definition) is 4. The van der Waals surface area contributed by atoms with Crippen LogP contribution in [0.25, 0.3) is 55.9 Å². The molecule has 2 amide bonds. The second kappa shape index (κ2) is 18.5. The van der Waals surface area contributed by atoms with Crippen molar-refractivity contribution in [2.45, 2.75) is 69.4 Å². The van der Waals surface area contributed by atoms with Crippen molar-refractivity contribution < 1.29 is 28.6 Å². The van der Waals surface area contributed by atoms with Gasteiger partial charge in [0.05, 0.1) is 43.3 Å². The number of nitrogens with zero attached hydrogens (tertiary/aromatic N) is 8. The van der Waals surface area contributed by atoms with Crippen LogP contribution in [-0.4, -0.2) is 103 Å². The molecule has 6 heterocycles. The van der Waals surface area contributed by atoms with Crippen LogP contribution in [0.3, 0.4) is 0 Å². The number of carbonyl (C=O) groups is 3. The van der Waals surface area contributed by atoms with Crippen LogP contribution in [0.1, 0.15) is 73.2 Å². The van der Waals surface area contributed by atoms with Crippen molar-refractivity contribution in [3.05, 3.63) is 96.1 Å². The van der Waals surface area contributed by atoms with Crippen molar-refractivity contribution in [2.24, 2.45) is 0 Å². The van der Waals surface area contributed by atoms with Crippen LogP contribution < -0.4 is 30.7 Å². The minimum atomic E-state index is -0.493. The third-order valence-corrected chi connectivity index (χ3v) is 12.4. The fraction of sp³-hybridized carbons (Fsp3) is 0.327. The second-order valence-corrected chi connectivity index (χ2v) is 16.9. The second-order valence-electron chi connectivity index (χ2n) is 16.9. The zero-order chi connectivity index (χ0) is 46.0. The summed E-state index contributed by atoms with van der Waals surface area (Å²) in [5.74, 6) is 3.53. The van der Waals surface area contributed by atoms with Crippen LogP contribution >= 0.6 is 0 Å². The fourth-order valence-electron chi connectivity index (χ4n) is 8.61. The lowest BCUT2D eigenvalue weighted by atomic mass is 10.1. The lowest BCUT2D eigenvalue weighted by molar-refractivity contribution is -0.122. The Balaban J connectivity index is 0.000000157. The smallest absolute Gasteiger partial charge is 0.338 e. The molecule has 1 saturated carbocycles. The van der Waals surface area contributed by atoms with Gasteiger partial charge >= 0.3 is 5.97 Å². The number of amides is 2. The summed E-state index contributed by atoms with van der Waals surface area (Å²) in [6, 6.07) is 25.9. The van der Waals surface area contributed by atoms with Gasteiger partial charge in [0.2, 0.25) is 23.7 Å². The average Bonchev–Trinajstić information content (AvgIpc) is 4.07. The molecular formula is C49H50N12O6. The molecule has 0 spiro atoms. The van der Waals surface area contributed by atoms with E-state index in [1.165, 1.54) is 25.5 Å². The van der Waals surface area contributed by atoms with Crippen molar-refractivity contribution in [2.75, 3.05) is 45.1 Å². The summed E-state index contributed by atoms with van der Waals surface area (Å²) in [7, 11) is 4.58. The van der Waals surface area contributed by atoms with Gasteiger partial charge in [-0.05, 0) is 136 Å². The minimum absolute atomic E-state index is 0.00442. The number of hydrogen-bond acceptors (Lipinski definition) is 14. The van der Waals surface area contributed by atoms with Gasteiger partial charge < -0.3 is 35.5 Å². The Morgan fingerprint density at radius 1 is 0.627 bits per heavy atom. The molecule has 4 N–H and O–H groups in total. The average molecular weight is 903 g/mol. The molecule has 4 aromatic carbocycles. The predicted molar refractivity (Wildman–Crippen MR) is 252 cm³/mol. The largest absolute Gasteiger partial charge is 0.497 e. The Labute approximate surface area is 384 Å². The molecular weight excluding hydrogens is 853 g/mol. The van der Waals surface area contributed by atoms with E-state index in [1.54, 1.807) is 41.4 Å². The van der Waals surface area contributed by atoms with E-state index in [-0.39, 0.29) is 17.9 Å². The highest BCUT2D eigenvalue weighted by atomic mass is 16.5. The molecule has 4 aromatic heterocycles. The summed E-state index contributed by atoms with van der Waals surface area (Å²) in [4.78, 5) is 56.9. The van der Waals surface area contributed by atoms with Crippen LogP contribution in [0.4, 0.5) is 11.9 Å². The van der Waals surface area contributed by atoms with E-state index in [4.69, 9.17) is 39.2 Å². The number of fused-ring (bicyclic) bond motifs is 6. The van der Waals surface area contributed by atoms with Gasteiger partial charge in [0.1, 0.15) is 23.6 Å². The van der Waals surface area contributed by atoms with Crippen LogP contribution in [0.2, 0.25) is 0 Å². The molecule has 0 radical (unpaired) electrons. The van der Waals surface area contributed by atoms with Crippen LogP contribution in [0, 0.1) is 0 Å². The molecule has 11 rings (SSSR count). The molecule has 8 aromatic rings. The Hall–Kier alpha value is -7.89. The van der Waals surface area contributed by atoms with Crippen molar-refractivity contribution in [3.8, 4) is 34.3 Å². The first kappa shape index (κ1) is 43.0. The molecule has 18 heteroatoms. The highest BCUT2D eigenvalue weighted by Gasteiger charge is 2.28. The molecule has 2 aliphatic heterocycles. The molecule has 2 saturated heterocycles. The molecule has 1 aliphatic carbocycles. The van der Waals surface area contributed by atoms with Gasteiger partial charge in [-0.1, -0.05) is 12.1 Å². The number of ether oxygens (including phenoxy) is 3. The van der Waals surface area contributed by atoms with Crippen molar-refractivity contribution >= 4 is 62.8 Å². The Morgan fingerprint density at radius 3 is 1.73 bits per heavy atom. The monoisotopic (exact) mass is 902 g/mol. The zero-order valence-corrected chi connectivity index (χ0v) is 37.4. The predicted octanol–water partition coefficient (Wildman–Crippen LogP) is 6.73. The maximum absolute atomic E-state index is 12.6. The third-order valence-electron chi connectivity index (χ3n) is 12.4. The molecule has 0 bridgehead atoms. The summed E-state index contributed by atoms with van der Waals surface area (Å²) in [5, 5.41) is 23.5. The van der Waals surface area contributed by atoms with Gasteiger partial charge in [0.25, 0.3) is 0 Å². The topological polar surface area (TPSA) is 213 Å². The molecule has 342 valence electrons. The number of nitrogens with one attached hydrogen (secondary N) is 4. The van der Waals surface area contributed by atoms with Crippen molar-refractivity contribution in [1.82, 2.24) is 49.8 Å². The number of aromatic nitrogens is 8. The van der Waals surface area contributed by atoms with Crippen LogP contribution in [-0.2, 0) is 14.3 Å². The first-order chi connectivity index (χ1) is 32.8. The standard InChI is InChI=1S/C25H26N6O2.C24H24N6O4/c1-33-18-10-7-16(8-11-18)22-29-23-19-12-9-17(15-5-6-15)14-21(19)28-25(31(23)30-22)27-20-4-2-3-13-26-24(20)32;1-33-15-11-9-14(10-12-15)20-28-21-19-16(23(32)34-2)6-5-8-17(19)26-24(30(21)29-20)27-18-7-3-4-13-25-22(18)31/h7-12,14-15,20H,2-6,13H2,1H3,(H,26,32)(H,27,28);5-6,8-12,18H,3-4,7,13H2,1-2H3,(H,25,31)(H,26,27)/t20-;18-/m11/s1. The Kier molecular flexibility index (Phi) is 11.9. The fourth-order valence-corrected chi connectivity index (χ4v) is 8.61. The van der Waals surface area contributed by atoms with Crippen molar-refractivity contribution in [3.63, 3.8) is 0 Å². The van der Waals surface area contributed by atoms with E-state index in [1.807, 2.05) is 48.5 Å². The lowest BCUT2D eigenvalue weighted by Crippen LogP contribution is -2.38. The third kappa shape index (κ3) is 8.81. The molecule has 3 aliphatic rings. The first-order valence-corrected chi connectivity index (χ1v) is 22.6. The lowest BCUT2D eigenvalue weighted by Gasteiger charge is -2.17. The highest BCUT2D eigenvalue weighted by Crippen LogP contribution is 2.41. The van der Waals surface area contributed by atoms with Crippen LogP contribution in [0.5, 0.6) is 11.5 Å². The van der Waals surface area contributed by atoms with Gasteiger partial charge in [-0.3, -0.25) is 9.59 Å². The van der Waals surface area contributed by atoms with Gasteiger partial charge in [0.15, 0.2) is 22.9 Å². The van der Waals surface area contributed by atoms with E-state index < -0.39 is 12.0 Å². The number of benzene rings is 4. The molecule has 67 heavy (non-hydrogen) atoms. The van der Waals surface area contributed by atoms with E-state index in [0.717, 1.165) is 65.5 Å². The van der Waals surface area contributed by atoms with E-state index >= 15 is 0 Å². The van der Waals surface area contributed by atoms with Gasteiger partial charge in [-0.15, -0.1) is 10.2 Å². The first-order valence-electron chi connectivity index (χ1n) is 22.6.